The van der Waals surface area contributed by atoms with E-state index in [9.17, 15) is 8.42 Å². The Hall–Kier alpha value is 0.390. The fraction of sp³-hybridized carbons (Fsp3) is 1.00. The lowest BCUT2D eigenvalue weighted by Gasteiger charge is -2.23. The van der Waals surface area contributed by atoms with Crippen molar-refractivity contribution in [3.05, 3.63) is 0 Å². The van der Waals surface area contributed by atoms with E-state index in [4.69, 9.17) is 0 Å². The van der Waals surface area contributed by atoms with Gasteiger partial charge in [-0.05, 0) is 18.3 Å². The van der Waals surface area contributed by atoms with Crippen LogP contribution in [-0.2, 0) is 10.0 Å². The minimum atomic E-state index is -3.07. The van der Waals surface area contributed by atoms with E-state index in [0.29, 0.717) is 19.5 Å². The zero-order valence-electron chi connectivity index (χ0n) is 10.8. The third-order valence-electron chi connectivity index (χ3n) is 2.40. The Kier molecular flexibility index (Phi) is 7.14. The van der Waals surface area contributed by atoms with Gasteiger partial charge < -0.3 is 0 Å². The number of rotatable bonds is 7. The van der Waals surface area contributed by atoms with Gasteiger partial charge in [0.15, 0.2) is 0 Å². The van der Waals surface area contributed by atoms with E-state index in [2.05, 4.69) is 36.7 Å². The van der Waals surface area contributed by atoms with Gasteiger partial charge in [-0.3, -0.25) is 0 Å². The highest BCUT2D eigenvalue weighted by Gasteiger charge is 2.22. The first-order valence-electron chi connectivity index (χ1n) is 5.76. The summed E-state index contributed by atoms with van der Waals surface area (Å²) in [4.78, 5) is 0. The Bertz CT molecular complexity index is 283. The van der Waals surface area contributed by atoms with Crippen LogP contribution in [-0.4, -0.2) is 36.9 Å². The molecule has 0 unspecified atom stereocenters. The zero-order valence-corrected chi connectivity index (χ0v) is 13.2. The quantitative estimate of drug-likeness (QED) is 0.678. The second-order valence-corrected chi connectivity index (χ2v) is 8.04. The summed E-state index contributed by atoms with van der Waals surface area (Å²) >= 11 is 3.32. The summed E-state index contributed by atoms with van der Waals surface area (Å²) in [5.74, 6) is 0.257. The lowest BCUT2D eigenvalue weighted by molar-refractivity contribution is 0.382. The van der Waals surface area contributed by atoms with E-state index in [0.717, 1.165) is 11.8 Å². The monoisotopic (exact) mass is 313 g/mol. The van der Waals surface area contributed by atoms with Crippen molar-refractivity contribution in [1.82, 2.24) is 4.31 Å². The number of halogens is 1. The van der Waals surface area contributed by atoms with Gasteiger partial charge in [0.25, 0.3) is 0 Å². The standard InChI is InChI=1S/C11H24BrNO2S/c1-5-13(9-6-8-12)16(14,15)10-7-11(2,3)4/h5-10H2,1-4H3. The average Bonchev–Trinajstić information content (AvgIpc) is 2.15. The molecule has 0 N–H and O–H groups in total. The average molecular weight is 314 g/mol. The van der Waals surface area contributed by atoms with Crippen LogP contribution in [0.1, 0.15) is 40.5 Å². The van der Waals surface area contributed by atoms with Crippen LogP contribution in [0, 0.1) is 5.41 Å². The zero-order chi connectivity index (χ0) is 12.8. The molecule has 0 aliphatic rings. The molecule has 0 amide bonds. The molecule has 5 heteroatoms. The molecule has 0 aliphatic heterocycles. The Balaban J connectivity index is 4.38. The Labute approximate surface area is 109 Å². The summed E-state index contributed by atoms with van der Waals surface area (Å²) < 4.78 is 25.6. The van der Waals surface area contributed by atoms with Gasteiger partial charge in [-0.25, -0.2) is 12.7 Å². The summed E-state index contributed by atoms with van der Waals surface area (Å²) in [6.07, 6.45) is 1.57. The van der Waals surface area contributed by atoms with Crippen LogP contribution < -0.4 is 0 Å². The molecule has 0 atom stereocenters. The molecule has 0 aliphatic carbocycles. The summed E-state index contributed by atoms with van der Waals surface area (Å²) in [6.45, 7) is 9.28. The second-order valence-electron chi connectivity index (χ2n) is 5.16. The fourth-order valence-electron chi connectivity index (χ4n) is 1.29. The van der Waals surface area contributed by atoms with Crippen LogP contribution in [0.5, 0.6) is 0 Å². The van der Waals surface area contributed by atoms with Crippen LogP contribution >= 0.6 is 15.9 Å². The highest BCUT2D eigenvalue weighted by atomic mass is 79.9. The Morgan fingerprint density at radius 1 is 1.25 bits per heavy atom. The van der Waals surface area contributed by atoms with Crippen molar-refractivity contribution < 1.29 is 8.42 Å². The van der Waals surface area contributed by atoms with Crippen LogP contribution in [0.4, 0.5) is 0 Å². The van der Waals surface area contributed by atoms with Crippen LogP contribution in [0.2, 0.25) is 0 Å². The fourth-order valence-corrected chi connectivity index (χ4v) is 3.47. The summed E-state index contributed by atoms with van der Waals surface area (Å²) in [7, 11) is -3.07. The predicted octanol–water partition coefficient (Wildman–Crippen LogP) is 2.86. The van der Waals surface area contributed by atoms with E-state index < -0.39 is 10.0 Å². The van der Waals surface area contributed by atoms with Crippen molar-refractivity contribution in [3.8, 4) is 0 Å². The molecule has 0 bridgehead atoms. The molecule has 98 valence electrons. The lowest BCUT2D eigenvalue weighted by Crippen LogP contribution is -2.35. The SMILES string of the molecule is CCN(CCCBr)S(=O)(=O)CCC(C)(C)C. The van der Waals surface area contributed by atoms with Gasteiger partial charge in [0.05, 0.1) is 5.75 Å². The number of nitrogens with zero attached hydrogens (tertiary/aromatic N) is 1. The van der Waals surface area contributed by atoms with Gasteiger partial charge >= 0.3 is 0 Å². The van der Waals surface area contributed by atoms with E-state index in [-0.39, 0.29) is 11.2 Å². The summed E-state index contributed by atoms with van der Waals surface area (Å²) in [5, 5.41) is 0.846. The first kappa shape index (κ1) is 16.4. The molecular formula is C11H24BrNO2S. The van der Waals surface area contributed by atoms with Crippen molar-refractivity contribution in [2.24, 2.45) is 5.41 Å². The molecule has 16 heavy (non-hydrogen) atoms. The molecule has 0 heterocycles. The van der Waals surface area contributed by atoms with Crippen LogP contribution in [0.3, 0.4) is 0 Å². The van der Waals surface area contributed by atoms with E-state index in [1.807, 2.05) is 6.92 Å². The van der Waals surface area contributed by atoms with Crippen molar-refractivity contribution in [2.75, 3.05) is 24.2 Å². The van der Waals surface area contributed by atoms with Gasteiger partial charge in [-0.1, -0.05) is 43.6 Å². The number of hydrogen-bond donors (Lipinski definition) is 0. The van der Waals surface area contributed by atoms with Crippen LogP contribution in [0.15, 0.2) is 0 Å². The molecule has 3 nitrogen and oxygen atoms in total. The molecule has 0 aromatic rings. The van der Waals surface area contributed by atoms with E-state index in [1.165, 1.54) is 0 Å². The number of hydrogen-bond acceptors (Lipinski definition) is 2. The highest BCUT2D eigenvalue weighted by molar-refractivity contribution is 9.09. The smallest absolute Gasteiger partial charge is 0.212 e. The topological polar surface area (TPSA) is 37.4 Å². The van der Waals surface area contributed by atoms with E-state index >= 15 is 0 Å². The minimum absolute atomic E-state index is 0.0713. The first-order chi connectivity index (χ1) is 7.23. The van der Waals surface area contributed by atoms with Gasteiger partial charge in [-0.2, -0.15) is 0 Å². The molecule has 0 fully saturated rings. The normalized spacial score (nSPS) is 13.4. The molecular weight excluding hydrogens is 290 g/mol. The predicted molar refractivity (Wildman–Crippen MR) is 73.5 cm³/mol. The van der Waals surface area contributed by atoms with Crippen LogP contribution in [0.25, 0.3) is 0 Å². The summed E-state index contributed by atoms with van der Waals surface area (Å²) in [5.41, 5.74) is 0.0713. The molecule has 0 saturated carbocycles. The molecule has 0 spiro atoms. The van der Waals surface area contributed by atoms with Crippen molar-refractivity contribution in [3.63, 3.8) is 0 Å². The maximum absolute atomic E-state index is 12.0. The van der Waals surface area contributed by atoms with Gasteiger partial charge in [0.1, 0.15) is 0 Å². The van der Waals surface area contributed by atoms with Gasteiger partial charge in [0, 0.05) is 18.4 Å². The number of sulfonamides is 1. The lowest BCUT2D eigenvalue weighted by atomic mass is 9.94. The third-order valence-corrected chi connectivity index (χ3v) is 4.91. The summed E-state index contributed by atoms with van der Waals surface area (Å²) in [6, 6.07) is 0. The maximum Gasteiger partial charge on any atom is 0.214 e. The molecule has 0 radical (unpaired) electrons. The maximum atomic E-state index is 12.0. The molecule has 0 rings (SSSR count). The molecule has 0 saturated heterocycles. The largest absolute Gasteiger partial charge is 0.214 e. The Morgan fingerprint density at radius 2 is 1.81 bits per heavy atom. The molecule has 0 aromatic heterocycles. The van der Waals surface area contributed by atoms with Gasteiger partial charge in [-0.15, -0.1) is 0 Å². The van der Waals surface area contributed by atoms with Crippen molar-refractivity contribution >= 4 is 26.0 Å². The Morgan fingerprint density at radius 3 is 2.19 bits per heavy atom. The third kappa shape index (κ3) is 6.86. The van der Waals surface area contributed by atoms with Gasteiger partial charge in [0.2, 0.25) is 10.0 Å². The van der Waals surface area contributed by atoms with Crippen molar-refractivity contribution in [2.45, 2.75) is 40.5 Å². The van der Waals surface area contributed by atoms with Crippen molar-refractivity contribution in [1.29, 1.82) is 0 Å². The molecule has 0 aromatic carbocycles. The number of alkyl halides is 1. The highest BCUT2D eigenvalue weighted by Crippen LogP contribution is 2.20. The van der Waals surface area contributed by atoms with E-state index in [1.54, 1.807) is 4.31 Å². The second kappa shape index (κ2) is 6.97. The first-order valence-corrected chi connectivity index (χ1v) is 8.50. The minimum Gasteiger partial charge on any atom is -0.212 e.